The minimum atomic E-state index is -0.533. The highest BCUT2D eigenvalue weighted by molar-refractivity contribution is 5.79. The largest absolute Gasteiger partial charge is 0.492 e. The topological polar surface area (TPSA) is 72.1 Å². The highest BCUT2D eigenvalue weighted by atomic mass is 19.1. The van der Waals surface area contributed by atoms with Gasteiger partial charge >= 0.3 is 0 Å². The number of piperazine rings is 1. The lowest BCUT2D eigenvalue weighted by atomic mass is 9.69. The molecule has 1 unspecified atom stereocenters. The monoisotopic (exact) mass is 466 g/mol. The number of halogens is 1. The van der Waals surface area contributed by atoms with Crippen LogP contribution in [0.15, 0.2) is 53.7 Å². The number of hydrogen-bond acceptors (Lipinski definition) is 6. The fraction of sp³-hybridized carbons (Fsp3) is 0.481. The number of rotatable bonds is 11. The molecule has 1 aliphatic rings. The molecule has 1 fully saturated rings. The summed E-state index contributed by atoms with van der Waals surface area (Å²) in [7, 11) is 0. The molecule has 0 radical (unpaired) electrons. The highest BCUT2D eigenvalue weighted by Crippen LogP contribution is 2.36. The van der Waals surface area contributed by atoms with Gasteiger partial charge in [-0.25, -0.2) is 4.39 Å². The minimum Gasteiger partial charge on any atom is -0.492 e. The van der Waals surface area contributed by atoms with Crippen LogP contribution in [0.1, 0.15) is 37.8 Å². The van der Waals surface area contributed by atoms with Crippen LogP contribution in [0.2, 0.25) is 0 Å². The van der Waals surface area contributed by atoms with E-state index in [1.165, 1.54) is 18.3 Å². The minimum absolute atomic E-state index is 0.188. The predicted octanol–water partition coefficient (Wildman–Crippen LogP) is 4.53. The van der Waals surface area contributed by atoms with Crippen molar-refractivity contribution in [1.29, 1.82) is 5.26 Å². The lowest BCUT2D eigenvalue weighted by Gasteiger charge is -2.36. The number of nitriles is 1. The molecule has 2 aromatic rings. The molecule has 7 heteroatoms. The fourth-order valence-corrected chi connectivity index (χ4v) is 4.59. The van der Waals surface area contributed by atoms with Crippen molar-refractivity contribution in [3.63, 3.8) is 0 Å². The first-order chi connectivity index (χ1) is 16.5. The molecule has 1 atom stereocenters. The standard InChI is InChI=1S/C27H35FN4O2/c1-22(2)27(21-29,24-6-4-23(5-7-24)20-30-33)12-3-13-31-14-16-32(17-15-31)18-19-34-26-10-8-25(28)9-11-26/h4-11,20,22,33H,3,12-19H2,1-2H3/b30-20-. The Morgan fingerprint density at radius 2 is 1.68 bits per heavy atom. The summed E-state index contributed by atoms with van der Waals surface area (Å²) in [5, 5.41) is 22.0. The zero-order valence-corrected chi connectivity index (χ0v) is 20.2. The van der Waals surface area contributed by atoms with Crippen LogP contribution in [0.4, 0.5) is 4.39 Å². The van der Waals surface area contributed by atoms with Gasteiger partial charge in [0, 0.05) is 32.7 Å². The zero-order chi connectivity index (χ0) is 24.4. The van der Waals surface area contributed by atoms with E-state index in [0.717, 1.165) is 63.2 Å². The van der Waals surface area contributed by atoms with Crippen molar-refractivity contribution in [1.82, 2.24) is 9.80 Å². The van der Waals surface area contributed by atoms with Gasteiger partial charge in [0.15, 0.2) is 0 Å². The average molecular weight is 467 g/mol. The second-order valence-electron chi connectivity index (χ2n) is 9.19. The van der Waals surface area contributed by atoms with Crippen molar-refractivity contribution in [3.05, 3.63) is 65.5 Å². The number of ether oxygens (including phenoxy) is 1. The van der Waals surface area contributed by atoms with E-state index in [0.29, 0.717) is 12.4 Å². The summed E-state index contributed by atoms with van der Waals surface area (Å²) in [5.41, 5.74) is 1.29. The van der Waals surface area contributed by atoms with Gasteiger partial charge in [-0.05, 0) is 60.7 Å². The SMILES string of the molecule is CC(C)C(C#N)(CCCN1CCN(CCOc2ccc(F)cc2)CC1)c1ccc(/C=N\O)cc1. The molecule has 0 spiro atoms. The Hall–Kier alpha value is -2.95. The van der Waals surface area contributed by atoms with Gasteiger partial charge in [-0.1, -0.05) is 43.3 Å². The Bertz CT molecular complexity index is 948. The van der Waals surface area contributed by atoms with E-state index in [-0.39, 0.29) is 11.7 Å². The van der Waals surface area contributed by atoms with Crippen LogP contribution in [0.3, 0.4) is 0 Å². The van der Waals surface area contributed by atoms with Crippen molar-refractivity contribution >= 4 is 6.21 Å². The summed E-state index contributed by atoms with van der Waals surface area (Å²) < 4.78 is 18.7. The normalized spacial score (nSPS) is 17.0. The van der Waals surface area contributed by atoms with Crippen LogP contribution in [0.25, 0.3) is 0 Å². The molecule has 1 N–H and O–H groups in total. The molecule has 0 aliphatic carbocycles. The van der Waals surface area contributed by atoms with Gasteiger partial charge in [-0.2, -0.15) is 5.26 Å². The molecule has 1 heterocycles. The number of benzene rings is 2. The first-order valence-corrected chi connectivity index (χ1v) is 12.0. The molecule has 3 rings (SSSR count). The Kier molecular flexibility index (Phi) is 9.43. The molecule has 2 aromatic carbocycles. The third kappa shape index (κ3) is 6.78. The summed E-state index contributed by atoms with van der Waals surface area (Å²) in [4.78, 5) is 4.87. The second kappa shape index (κ2) is 12.5. The maximum absolute atomic E-state index is 13.0. The molecule has 0 aromatic heterocycles. The van der Waals surface area contributed by atoms with Crippen molar-refractivity contribution < 1.29 is 14.3 Å². The lowest BCUT2D eigenvalue weighted by Crippen LogP contribution is -2.47. The Morgan fingerprint density at radius 1 is 1.06 bits per heavy atom. The van der Waals surface area contributed by atoms with Crippen LogP contribution < -0.4 is 4.74 Å². The van der Waals surface area contributed by atoms with Crippen LogP contribution >= 0.6 is 0 Å². The number of nitrogens with zero attached hydrogens (tertiary/aromatic N) is 4. The molecular formula is C27H35FN4O2. The molecule has 0 amide bonds. The first-order valence-electron chi connectivity index (χ1n) is 12.0. The molecule has 34 heavy (non-hydrogen) atoms. The van der Waals surface area contributed by atoms with Crippen molar-refractivity contribution in [2.45, 2.75) is 32.1 Å². The summed E-state index contributed by atoms with van der Waals surface area (Å²) in [6, 6.07) is 16.5. The fourth-order valence-electron chi connectivity index (χ4n) is 4.59. The molecule has 0 bridgehead atoms. The van der Waals surface area contributed by atoms with E-state index in [9.17, 15) is 9.65 Å². The maximum atomic E-state index is 13.0. The van der Waals surface area contributed by atoms with Gasteiger partial charge < -0.3 is 14.8 Å². The van der Waals surface area contributed by atoms with Gasteiger partial charge in [0.2, 0.25) is 0 Å². The van der Waals surface area contributed by atoms with E-state index in [1.807, 2.05) is 24.3 Å². The van der Waals surface area contributed by atoms with Crippen LogP contribution in [-0.4, -0.2) is 67.1 Å². The van der Waals surface area contributed by atoms with Gasteiger partial charge in [-0.15, -0.1) is 0 Å². The summed E-state index contributed by atoms with van der Waals surface area (Å²) in [5.74, 6) is 0.630. The number of oxime groups is 1. The van der Waals surface area contributed by atoms with Gasteiger partial charge in [0.1, 0.15) is 18.2 Å². The molecule has 0 saturated carbocycles. The van der Waals surface area contributed by atoms with Crippen molar-refractivity contribution in [3.8, 4) is 11.8 Å². The third-order valence-electron chi connectivity index (χ3n) is 6.82. The van der Waals surface area contributed by atoms with E-state index < -0.39 is 5.41 Å². The van der Waals surface area contributed by atoms with E-state index in [4.69, 9.17) is 9.94 Å². The smallest absolute Gasteiger partial charge is 0.123 e. The predicted molar refractivity (Wildman–Crippen MR) is 132 cm³/mol. The van der Waals surface area contributed by atoms with Gasteiger partial charge in [0.25, 0.3) is 0 Å². The summed E-state index contributed by atoms with van der Waals surface area (Å²) in [6.45, 7) is 10.6. The molecular weight excluding hydrogens is 431 g/mol. The summed E-state index contributed by atoms with van der Waals surface area (Å²) >= 11 is 0. The van der Waals surface area contributed by atoms with Crippen LogP contribution in [-0.2, 0) is 5.41 Å². The Labute approximate surface area is 202 Å². The van der Waals surface area contributed by atoms with E-state index in [1.54, 1.807) is 12.1 Å². The quantitative estimate of drug-likeness (QED) is 0.299. The van der Waals surface area contributed by atoms with Gasteiger partial charge in [0.05, 0.1) is 17.7 Å². The average Bonchev–Trinajstić information content (AvgIpc) is 2.85. The van der Waals surface area contributed by atoms with Crippen LogP contribution in [0, 0.1) is 23.1 Å². The Morgan fingerprint density at radius 3 is 2.24 bits per heavy atom. The number of hydrogen-bond donors (Lipinski definition) is 1. The molecule has 182 valence electrons. The second-order valence-corrected chi connectivity index (χ2v) is 9.19. The molecule has 1 aliphatic heterocycles. The lowest BCUT2D eigenvalue weighted by molar-refractivity contribution is 0.114. The van der Waals surface area contributed by atoms with E-state index >= 15 is 0 Å². The zero-order valence-electron chi connectivity index (χ0n) is 20.2. The Balaban J connectivity index is 1.43. The van der Waals surface area contributed by atoms with Crippen LogP contribution in [0.5, 0.6) is 5.75 Å². The third-order valence-corrected chi connectivity index (χ3v) is 6.82. The highest BCUT2D eigenvalue weighted by Gasteiger charge is 2.35. The van der Waals surface area contributed by atoms with E-state index in [2.05, 4.69) is 34.9 Å². The van der Waals surface area contributed by atoms with Crippen molar-refractivity contribution in [2.75, 3.05) is 45.9 Å². The molecule has 6 nitrogen and oxygen atoms in total. The maximum Gasteiger partial charge on any atom is 0.123 e. The van der Waals surface area contributed by atoms with Crippen molar-refractivity contribution in [2.24, 2.45) is 11.1 Å². The van der Waals surface area contributed by atoms with Gasteiger partial charge in [-0.3, -0.25) is 4.90 Å². The molecule has 1 saturated heterocycles. The first kappa shape index (κ1) is 25.7. The summed E-state index contributed by atoms with van der Waals surface area (Å²) in [6.07, 6.45) is 3.15.